The lowest BCUT2D eigenvalue weighted by atomic mass is 10.4. The van der Waals surface area contributed by atoms with Gasteiger partial charge in [0.2, 0.25) is 0 Å². The number of aromatic amines is 1. The number of halogens is 1. The number of nitrogens with one attached hydrogen (secondary N) is 1. The van der Waals surface area contributed by atoms with Crippen LogP contribution in [0.3, 0.4) is 0 Å². The number of hydrogen-bond acceptors (Lipinski definition) is 2. The maximum atomic E-state index is 5.05. The standard InChI is InChI=1S/C7H7BrN2S/c8-5-3-9-6(4-1-2-4)10-7(5)11/h3-4H,1-2H2,(H,9,10,11). The van der Waals surface area contributed by atoms with Crippen LogP contribution in [0.2, 0.25) is 0 Å². The summed E-state index contributed by atoms with van der Waals surface area (Å²) in [6.07, 6.45) is 4.27. The van der Waals surface area contributed by atoms with E-state index in [2.05, 4.69) is 25.9 Å². The van der Waals surface area contributed by atoms with Gasteiger partial charge in [-0.25, -0.2) is 4.98 Å². The second kappa shape index (κ2) is 2.68. The zero-order valence-corrected chi connectivity index (χ0v) is 8.20. The second-order valence-electron chi connectivity index (χ2n) is 2.72. The molecule has 0 saturated heterocycles. The minimum absolute atomic E-state index is 0.643. The zero-order valence-electron chi connectivity index (χ0n) is 5.80. The van der Waals surface area contributed by atoms with Gasteiger partial charge in [0.05, 0.1) is 4.47 Å². The molecule has 1 aromatic rings. The van der Waals surface area contributed by atoms with Crippen LogP contribution in [0.15, 0.2) is 10.7 Å². The van der Waals surface area contributed by atoms with Crippen LogP contribution in [0.25, 0.3) is 0 Å². The maximum absolute atomic E-state index is 5.05. The molecule has 0 radical (unpaired) electrons. The minimum Gasteiger partial charge on any atom is -0.334 e. The van der Waals surface area contributed by atoms with Crippen LogP contribution in [-0.2, 0) is 0 Å². The highest BCUT2D eigenvalue weighted by molar-refractivity contribution is 9.10. The van der Waals surface area contributed by atoms with E-state index in [-0.39, 0.29) is 0 Å². The Bertz CT molecular complexity index is 329. The van der Waals surface area contributed by atoms with Crippen molar-refractivity contribution in [2.45, 2.75) is 18.8 Å². The van der Waals surface area contributed by atoms with Gasteiger partial charge in [0.25, 0.3) is 0 Å². The lowest BCUT2D eigenvalue weighted by Gasteiger charge is -1.96. The summed E-state index contributed by atoms with van der Waals surface area (Å²) >= 11 is 8.35. The van der Waals surface area contributed by atoms with E-state index in [1.165, 1.54) is 12.8 Å². The highest BCUT2D eigenvalue weighted by Gasteiger charge is 2.25. The van der Waals surface area contributed by atoms with Crippen molar-refractivity contribution >= 4 is 28.1 Å². The van der Waals surface area contributed by atoms with Crippen molar-refractivity contribution in [3.8, 4) is 0 Å². The van der Waals surface area contributed by atoms with Crippen molar-refractivity contribution in [1.29, 1.82) is 0 Å². The first-order valence-corrected chi connectivity index (χ1v) is 4.72. The van der Waals surface area contributed by atoms with Gasteiger partial charge < -0.3 is 4.98 Å². The van der Waals surface area contributed by atoms with Gasteiger partial charge in [0.15, 0.2) is 0 Å². The monoisotopic (exact) mass is 230 g/mol. The van der Waals surface area contributed by atoms with Gasteiger partial charge in [0, 0.05) is 12.1 Å². The third kappa shape index (κ3) is 1.51. The second-order valence-corrected chi connectivity index (χ2v) is 3.98. The summed E-state index contributed by atoms with van der Waals surface area (Å²) < 4.78 is 1.62. The fraction of sp³-hybridized carbons (Fsp3) is 0.429. The quantitative estimate of drug-likeness (QED) is 0.753. The largest absolute Gasteiger partial charge is 0.334 e. The van der Waals surface area contributed by atoms with Crippen molar-refractivity contribution < 1.29 is 0 Å². The third-order valence-electron chi connectivity index (χ3n) is 1.74. The number of aromatic nitrogens is 2. The summed E-state index contributed by atoms with van der Waals surface area (Å²) in [4.78, 5) is 7.33. The van der Waals surface area contributed by atoms with E-state index in [0.717, 1.165) is 14.9 Å². The molecule has 0 aliphatic heterocycles. The van der Waals surface area contributed by atoms with Gasteiger partial charge >= 0.3 is 0 Å². The van der Waals surface area contributed by atoms with Crippen LogP contribution in [0.5, 0.6) is 0 Å². The van der Waals surface area contributed by atoms with Crippen molar-refractivity contribution in [2.24, 2.45) is 0 Å². The lowest BCUT2D eigenvalue weighted by Crippen LogP contribution is -1.91. The molecule has 1 saturated carbocycles. The van der Waals surface area contributed by atoms with Gasteiger partial charge in [-0.2, -0.15) is 0 Å². The fourth-order valence-corrected chi connectivity index (χ4v) is 1.32. The topological polar surface area (TPSA) is 28.7 Å². The Hall–Kier alpha value is -0.220. The molecule has 1 heterocycles. The normalized spacial score (nSPS) is 16.8. The Morgan fingerprint density at radius 3 is 2.91 bits per heavy atom. The van der Waals surface area contributed by atoms with Crippen molar-refractivity contribution in [1.82, 2.24) is 9.97 Å². The zero-order chi connectivity index (χ0) is 7.84. The molecule has 1 aliphatic rings. The molecule has 0 spiro atoms. The van der Waals surface area contributed by atoms with Gasteiger partial charge in [-0.1, -0.05) is 12.2 Å². The van der Waals surface area contributed by atoms with Gasteiger partial charge in [0.1, 0.15) is 10.5 Å². The predicted octanol–water partition coefficient (Wildman–Crippen LogP) is 2.78. The molecule has 2 rings (SSSR count). The van der Waals surface area contributed by atoms with Crippen LogP contribution in [0.4, 0.5) is 0 Å². The molecule has 4 heteroatoms. The maximum Gasteiger partial charge on any atom is 0.120 e. The Kier molecular flexibility index (Phi) is 1.81. The Morgan fingerprint density at radius 2 is 2.36 bits per heavy atom. The van der Waals surface area contributed by atoms with Crippen LogP contribution in [0.1, 0.15) is 24.6 Å². The van der Waals surface area contributed by atoms with E-state index in [0.29, 0.717) is 5.92 Å². The summed E-state index contributed by atoms with van der Waals surface area (Å²) in [6, 6.07) is 0. The summed E-state index contributed by atoms with van der Waals surface area (Å²) in [6.45, 7) is 0. The molecular formula is C7H7BrN2S. The Morgan fingerprint density at radius 1 is 1.64 bits per heavy atom. The van der Waals surface area contributed by atoms with Crippen LogP contribution >= 0.6 is 28.1 Å². The molecule has 0 atom stereocenters. The molecule has 0 bridgehead atoms. The van der Waals surface area contributed by atoms with E-state index in [4.69, 9.17) is 12.2 Å². The molecule has 2 nitrogen and oxygen atoms in total. The predicted molar refractivity (Wildman–Crippen MR) is 49.1 cm³/mol. The van der Waals surface area contributed by atoms with E-state index >= 15 is 0 Å². The number of H-pyrrole nitrogens is 1. The molecule has 1 aromatic heterocycles. The fourth-order valence-electron chi connectivity index (χ4n) is 0.957. The summed E-state index contributed by atoms with van der Waals surface area (Å²) in [5.74, 6) is 1.68. The molecule has 0 unspecified atom stereocenters. The van der Waals surface area contributed by atoms with Crippen LogP contribution in [-0.4, -0.2) is 9.97 Å². The summed E-state index contributed by atoms with van der Waals surface area (Å²) in [7, 11) is 0. The molecular weight excluding hydrogens is 224 g/mol. The Labute approximate surface area is 78.2 Å². The number of rotatable bonds is 1. The van der Waals surface area contributed by atoms with Crippen molar-refractivity contribution in [3.63, 3.8) is 0 Å². The molecule has 0 aromatic carbocycles. The van der Waals surface area contributed by atoms with E-state index in [1.54, 1.807) is 6.20 Å². The van der Waals surface area contributed by atoms with E-state index in [9.17, 15) is 0 Å². The molecule has 1 aliphatic carbocycles. The molecule has 11 heavy (non-hydrogen) atoms. The first kappa shape index (κ1) is 7.43. The van der Waals surface area contributed by atoms with Gasteiger partial charge in [-0.05, 0) is 28.8 Å². The smallest absolute Gasteiger partial charge is 0.120 e. The third-order valence-corrected chi connectivity index (χ3v) is 2.93. The SMILES string of the molecule is S=c1[nH]c(C2CC2)ncc1Br. The number of nitrogens with zero attached hydrogens (tertiary/aromatic N) is 1. The molecule has 1 fully saturated rings. The Balaban J connectivity index is 2.44. The average Bonchev–Trinajstić information content (AvgIpc) is 2.77. The first-order valence-electron chi connectivity index (χ1n) is 3.52. The average molecular weight is 231 g/mol. The van der Waals surface area contributed by atoms with Crippen molar-refractivity contribution in [3.05, 3.63) is 21.1 Å². The first-order chi connectivity index (χ1) is 5.27. The van der Waals surface area contributed by atoms with Gasteiger partial charge in [-0.3, -0.25) is 0 Å². The molecule has 0 amide bonds. The van der Waals surface area contributed by atoms with Gasteiger partial charge in [-0.15, -0.1) is 0 Å². The summed E-state index contributed by atoms with van der Waals surface area (Å²) in [5, 5.41) is 0. The van der Waals surface area contributed by atoms with Crippen LogP contribution in [0, 0.1) is 4.64 Å². The van der Waals surface area contributed by atoms with E-state index < -0.39 is 0 Å². The highest BCUT2D eigenvalue weighted by Crippen LogP contribution is 2.37. The summed E-state index contributed by atoms with van der Waals surface area (Å²) in [5.41, 5.74) is 0. The van der Waals surface area contributed by atoms with E-state index in [1.807, 2.05) is 0 Å². The number of hydrogen-bond donors (Lipinski definition) is 1. The lowest BCUT2D eigenvalue weighted by molar-refractivity contribution is 0.914. The highest BCUT2D eigenvalue weighted by atomic mass is 79.9. The minimum atomic E-state index is 0.643. The molecule has 1 N–H and O–H groups in total. The van der Waals surface area contributed by atoms with Crippen molar-refractivity contribution in [2.75, 3.05) is 0 Å². The van der Waals surface area contributed by atoms with Crippen LogP contribution < -0.4 is 0 Å². The molecule has 58 valence electrons.